The molecule has 0 saturated heterocycles. The van der Waals surface area contributed by atoms with Gasteiger partial charge in [-0.3, -0.25) is 4.98 Å². The van der Waals surface area contributed by atoms with Crippen LogP contribution in [0.15, 0.2) is 160 Å². The molecule has 0 spiro atoms. The molecule has 10 rings (SSSR count). The summed E-state index contributed by atoms with van der Waals surface area (Å²) in [7, 11) is 0. The number of hydrogen-bond donors (Lipinski definition) is 1. The minimum atomic E-state index is -0.339. The van der Waals surface area contributed by atoms with Gasteiger partial charge in [-0.1, -0.05) is 109 Å². The Labute approximate surface area is 269 Å². The van der Waals surface area contributed by atoms with Crippen LogP contribution in [0.3, 0.4) is 0 Å². The van der Waals surface area contributed by atoms with Crippen molar-refractivity contribution in [1.82, 2.24) is 10.3 Å². The molecular weight excluding hydrogens is 576 g/mol. The van der Waals surface area contributed by atoms with E-state index < -0.39 is 0 Å². The summed E-state index contributed by atoms with van der Waals surface area (Å²) >= 11 is 0. The maximum absolute atomic E-state index is 6.19. The zero-order valence-corrected chi connectivity index (χ0v) is 25.2. The van der Waals surface area contributed by atoms with E-state index in [1.165, 1.54) is 37.7 Å². The molecule has 5 heteroatoms. The zero-order chi connectivity index (χ0) is 30.9. The topological polar surface area (TPSA) is 62.8 Å². The first kappa shape index (κ1) is 25.9. The highest BCUT2D eigenvalue weighted by Gasteiger charge is 2.24. The van der Waals surface area contributed by atoms with Gasteiger partial charge < -0.3 is 9.73 Å². The maximum atomic E-state index is 6.19. The van der Waals surface area contributed by atoms with E-state index in [4.69, 9.17) is 14.4 Å². The Kier molecular flexibility index (Phi) is 5.57. The number of rotatable bonds is 3. The summed E-state index contributed by atoms with van der Waals surface area (Å²) in [6.45, 7) is 0. The van der Waals surface area contributed by atoms with Crippen LogP contribution in [0.25, 0.3) is 65.0 Å². The Morgan fingerprint density at radius 3 is 2.28 bits per heavy atom. The van der Waals surface area contributed by atoms with Crippen molar-refractivity contribution in [2.45, 2.75) is 6.17 Å². The molecule has 7 aromatic carbocycles. The Morgan fingerprint density at radius 2 is 1.34 bits per heavy atom. The molecule has 2 aromatic heterocycles. The fraction of sp³-hybridized carbons (Fsp3) is 0.0238. The third-order valence-electron chi connectivity index (χ3n) is 9.37. The molecule has 47 heavy (non-hydrogen) atoms. The lowest BCUT2D eigenvalue weighted by molar-refractivity contribution is 0.666. The van der Waals surface area contributed by atoms with Gasteiger partial charge in [0.1, 0.15) is 17.6 Å². The number of furan rings is 1. The van der Waals surface area contributed by atoms with Gasteiger partial charge in [0, 0.05) is 28.1 Å². The minimum Gasteiger partial charge on any atom is -0.454 e. The summed E-state index contributed by atoms with van der Waals surface area (Å²) in [6.07, 6.45) is 3.23. The molecule has 0 amide bonds. The van der Waals surface area contributed by atoms with Crippen LogP contribution in [0, 0.1) is 0 Å². The first-order valence-corrected chi connectivity index (χ1v) is 15.8. The van der Waals surface area contributed by atoms with Crippen LogP contribution in [0.5, 0.6) is 0 Å². The van der Waals surface area contributed by atoms with E-state index in [0.717, 1.165) is 49.9 Å². The highest BCUT2D eigenvalue weighted by molar-refractivity contribution is 6.23. The van der Waals surface area contributed by atoms with Crippen LogP contribution in [-0.2, 0) is 0 Å². The second-order valence-corrected chi connectivity index (χ2v) is 12.1. The van der Waals surface area contributed by atoms with E-state index in [1.54, 1.807) is 12.4 Å². The summed E-state index contributed by atoms with van der Waals surface area (Å²) in [5.74, 6) is 1.44. The standard InChI is InChI=1S/C42H26N4O/c1-2-8-28-22-30(17-12-25(28)6-1)40-44-41(46-42(45-40)35-10-5-11-36-39(35)34-20-21-43-24-37(34)47-36)31-18-19-33-29(23-31)16-15-27-14-13-26-7-3-4-9-32(26)38(27)33/h1-24,40H,(H,44,45,46). The van der Waals surface area contributed by atoms with Gasteiger partial charge >= 0.3 is 0 Å². The number of benzene rings is 7. The fourth-order valence-electron chi connectivity index (χ4n) is 7.12. The molecule has 0 aliphatic carbocycles. The molecule has 5 nitrogen and oxygen atoms in total. The van der Waals surface area contributed by atoms with Gasteiger partial charge in [-0.25, -0.2) is 9.98 Å². The van der Waals surface area contributed by atoms with Crippen molar-refractivity contribution in [2.75, 3.05) is 0 Å². The highest BCUT2D eigenvalue weighted by Crippen LogP contribution is 2.35. The SMILES string of the molecule is c1ccc2cc(C3N=C(c4ccc5c(ccc6ccc7ccccc7c65)c4)N=C(c4cccc5oc6cnccc6c45)N3)ccc2c1. The summed E-state index contributed by atoms with van der Waals surface area (Å²) in [6, 6.07) is 47.1. The molecule has 1 aliphatic rings. The molecule has 1 N–H and O–H groups in total. The molecule has 1 atom stereocenters. The second kappa shape index (κ2) is 10.1. The van der Waals surface area contributed by atoms with Gasteiger partial charge in [0.25, 0.3) is 0 Å². The van der Waals surface area contributed by atoms with E-state index in [1.807, 2.05) is 18.2 Å². The van der Waals surface area contributed by atoms with Crippen molar-refractivity contribution in [3.8, 4) is 0 Å². The average molecular weight is 603 g/mol. The zero-order valence-electron chi connectivity index (χ0n) is 25.2. The smallest absolute Gasteiger partial charge is 0.159 e. The third kappa shape index (κ3) is 4.14. The second-order valence-electron chi connectivity index (χ2n) is 12.1. The van der Waals surface area contributed by atoms with Gasteiger partial charge in [-0.15, -0.1) is 0 Å². The number of fused-ring (bicyclic) bond motifs is 9. The van der Waals surface area contributed by atoms with Crippen molar-refractivity contribution in [2.24, 2.45) is 9.98 Å². The number of nitrogens with one attached hydrogen (secondary N) is 1. The number of aromatic nitrogens is 1. The monoisotopic (exact) mass is 602 g/mol. The summed E-state index contributed by atoms with van der Waals surface area (Å²) in [4.78, 5) is 14.7. The molecule has 1 aliphatic heterocycles. The Hall–Kier alpha value is -6.33. The van der Waals surface area contributed by atoms with Crippen LogP contribution in [-0.4, -0.2) is 16.7 Å². The Balaban J connectivity index is 1.18. The van der Waals surface area contributed by atoms with Gasteiger partial charge in [0.2, 0.25) is 0 Å². The van der Waals surface area contributed by atoms with Gasteiger partial charge in [-0.2, -0.15) is 0 Å². The molecule has 220 valence electrons. The Bertz CT molecular complexity index is 2790. The van der Waals surface area contributed by atoms with Gasteiger partial charge in [0.15, 0.2) is 11.4 Å². The van der Waals surface area contributed by atoms with Gasteiger partial charge in [-0.05, 0) is 72.9 Å². The van der Waals surface area contributed by atoms with Gasteiger partial charge in [0.05, 0.1) is 6.20 Å². The lowest BCUT2D eigenvalue weighted by Crippen LogP contribution is -2.33. The number of pyridine rings is 1. The molecule has 3 heterocycles. The largest absolute Gasteiger partial charge is 0.454 e. The van der Waals surface area contributed by atoms with Crippen LogP contribution >= 0.6 is 0 Å². The number of aliphatic imine (C=N–C) groups is 2. The summed E-state index contributed by atoms with van der Waals surface area (Å²) in [5, 5.41) is 15.4. The first-order valence-electron chi connectivity index (χ1n) is 15.8. The highest BCUT2D eigenvalue weighted by atomic mass is 16.3. The quantitative estimate of drug-likeness (QED) is 0.205. The summed E-state index contributed by atoms with van der Waals surface area (Å²) < 4.78 is 6.19. The molecular formula is C42H26N4O. The first-order chi connectivity index (χ1) is 23.3. The van der Waals surface area contributed by atoms with E-state index in [9.17, 15) is 0 Å². The normalized spacial score (nSPS) is 15.0. The van der Waals surface area contributed by atoms with Crippen molar-refractivity contribution in [1.29, 1.82) is 0 Å². The third-order valence-corrected chi connectivity index (χ3v) is 9.37. The average Bonchev–Trinajstić information content (AvgIpc) is 3.53. The van der Waals surface area contributed by atoms with Crippen molar-refractivity contribution in [3.05, 3.63) is 163 Å². The Morgan fingerprint density at radius 1 is 0.553 bits per heavy atom. The lowest BCUT2D eigenvalue weighted by atomic mass is 9.95. The number of nitrogens with zero attached hydrogens (tertiary/aromatic N) is 3. The molecule has 0 fully saturated rings. The van der Waals surface area contributed by atoms with E-state index in [2.05, 4.69) is 126 Å². The van der Waals surface area contributed by atoms with E-state index >= 15 is 0 Å². The van der Waals surface area contributed by atoms with Crippen molar-refractivity contribution >= 4 is 76.7 Å². The molecule has 0 saturated carbocycles. The number of amidine groups is 2. The van der Waals surface area contributed by atoms with Crippen LogP contribution in [0.1, 0.15) is 22.9 Å². The van der Waals surface area contributed by atoms with Crippen LogP contribution in [0.2, 0.25) is 0 Å². The van der Waals surface area contributed by atoms with Crippen LogP contribution in [0.4, 0.5) is 0 Å². The van der Waals surface area contributed by atoms with Crippen molar-refractivity contribution < 1.29 is 4.42 Å². The predicted molar refractivity (Wildman–Crippen MR) is 193 cm³/mol. The van der Waals surface area contributed by atoms with E-state index in [-0.39, 0.29) is 6.17 Å². The molecule has 1 unspecified atom stereocenters. The van der Waals surface area contributed by atoms with E-state index in [0.29, 0.717) is 5.84 Å². The minimum absolute atomic E-state index is 0.339. The molecule has 9 aromatic rings. The fourth-order valence-corrected chi connectivity index (χ4v) is 7.12. The molecule has 0 radical (unpaired) electrons. The predicted octanol–water partition coefficient (Wildman–Crippen LogP) is 10.1. The summed E-state index contributed by atoms with van der Waals surface area (Å²) in [5.41, 5.74) is 4.55. The lowest BCUT2D eigenvalue weighted by Gasteiger charge is -2.24. The number of hydrogen-bond acceptors (Lipinski definition) is 5. The maximum Gasteiger partial charge on any atom is 0.159 e. The van der Waals surface area contributed by atoms with Crippen LogP contribution < -0.4 is 5.32 Å². The van der Waals surface area contributed by atoms with Crippen molar-refractivity contribution in [3.63, 3.8) is 0 Å². The molecule has 0 bridgehead atoms.